The van der Waals surface area contributed by atoms with E-state index in [4.69, 9.17) is 5.73 Å². The van der Waals surface area contributed by atoms with Crippen LogP contribution < -0.4 is 11.1 Å². The van der Waals surface area contributed by atoms with Crippen LogP contribution in [-0.4, -0.2) is 18.6 Å². The molecule has 0 aliphatic carbocycles. The Kier molecular flexibility index (Phi) is 2.66. The van der Waals surface area contributed by atoms with E-state index in [2.05, 4.69) is 5.32 Å². The number of nitrogens with one attached hydrogen (secondary N) is 1. The molecule has 0 aromatic rings. The van der Waals surface area contributed by atoms with Crippen molar-refractivity contribution in [1.29, 1.82) is 0 Å². The first-order chi connectivity index (χ1) is 5.88. The van der Waals surface area contributed by atoms with Crippen LogP contribution in [0.1, 0.15) is 38.5 Å². The highest BCUT2D eigenvalue weighted by molar-refractivity contribution is 4.89. The van der Waals surface area contributed by atoms with E-state index in [9.17, 15) is 0 Å². The minimum absolute atomic E-state index is 0.828. The zero-order valence-electron chi connectivity index (χ0n) is 7.76. The minimum Gasteiger partial charge on any atom is -0.330 e. The van der Waals surface area contributed by atoms with E-state index in [0.29, 0.717) is 0 Å². The molecule has 2 bridgehead atoms. The molecular weight excluding hydrogens is 148 g/mol. The monoisotopic (exact) mass is 168 g/mol. The molecule has 2 rings (SSSR count). The second kappa shape index (κ2) is 3.75. The summed E-state index contributed by atoms with van der Waals surface area (Å²) in [6.07, 6.45) is 8.25. The third-order valence-corrected chi connectivity index (χ3v) is 3.39. The Balaban J connectivity index is 1.87. The Labute approximate surface area is 74.9 Å². The summed E-state index contributed by atoms with van der Waals surface area (Å²) in [5.74, 6) is 0.923. The lowest BCUT2D eigenvalue weighted by Gasteiger charge is -2.40. The van der Waals surface area contributed by atoms with Crippen molar-refractivity contribution in [2.75, 3.05) is 6.54 Å². The van der Waals surface area contributed by atoms with Crippen molar-refractivity contribution in [1.82, 2.24) is 5.32 Å². The largest absolute Gasteiger partial charge is 0.330 e. The molecule has 0 aromatic heterocycles. The first-order valence-electron chi connectivity index (χ1n) is 5.34. The van der Waals surface area contributed by atoms with E-state index in [1.54, 1.807) is 0 Å². The summed E-state index contributed by atoms with van der Waals surface area (Å²) in [6, 6.07) is 1.66. The summed E-state index contributed by atoms with van der Waals surface area (Å²) in [7, 11) is 0. The standard InChI is InChI=1S/C10H20N2/c11-5-4-8-6-9-2-1-3-10(7-8)12-9/h8-10,12H,1-7,11H2. The van der Waals surface area contributed by atoms with Crippen LogP contribution in [0.3, 0.4) is 0 Å². The normalized spacial score (nSPS) is 41.2. The summed E-state index contributed by atoms with van der Waals surface area (Å²) in [6.45, 7) is 0.879. The third kappa shape index (κ3) is 1.80. The summed E-state index contributed by atoms with van der Waals surface area (Å²) in [5.41, 5.74) is 5.59. The number of hydrogen-bond donors (Lipinski definition) is 2. The van der Waals surface area contributed by atoms with Gasteiger partial charge in [-0.2, -0.15) is 0 Å². The Morgan fingerprint density at radius 1 is 1.17 bits per heavy atom. The molecule has 0 aromatic carbocycles. The van der Waals surface area contributed by atoms with Gasteiger partial charge in [-0.1, -0.05) is 6.42 Å². The van der Waals surface area contributed by atoms with E-state index in [0.717, 1.165) is 24.5 Å². The molecule has 2 aliphatic rings. The van der Waals surface area contributed by atoms with Gasteiger partial charge in [-0.3, -0.25) is 0 Å². The van der Waals surface area contributed by atoms with Gasteiger partial charge in [0, 0.05) is 12.1 Å². The third-order valence-electron chi connectivity index (χ3n) is 3.39. The molecule has 0 amide bonds. The van der Waals surface area contributed by atoms with E-state index in [1.165, 1.54) is 38.5 Å². The molecule has 2 heterocycles. The first-order valence-corrected chi connectivity index (χ1v) is 5.34. The Bertz CT molecular complexity index is 135. The minimum atomic E-state index is 0.828. The zero-order valence-corrected chi connectivity index (χ0v) is 7.76. The smallest absolute Gasteiger partial charge is 0.00723 e. The predicted molar refractivity (Wildman–Crippen MR) is 51.0 cm³/mol. The molecular formula is C10H20N2. The highest BCUT2D eigenvalue weighted by atomic mass is 15.0. The zero-order chi connectivity index (χ0) is 8.39. The van der Waals surface area contributed by atoms with Crippen LogP contribution in [0.2, 0.25) is 0 Å². The Hall–Kier alpha value is -0.0800. The fraction of sp³-hybridized carbons (Fsp3) is 1.00. The van der Waals surface area contributed by atoms with Gasteiger partial charge < -0.3 is 11.1 Å². The van der Waals surface area contributed by atoms with Crippen LogP contribution in [0.5, 0.6) is 0 Å². The molecule has 12 heavy (non-hydrogen) atoms. The lowest BCUT2D eigenvalue weighted by Crippen LogP contribution is -2.48. The molecule has 3 N–H and O–H groups in total. The lowest BCUT2D eigenvalue weighted by molar-refractivity contribution is 0.181. The lowest BCUT2D eigenvalue weighted by atomic mass is 9.79. The van der Waals surface area contributed by atoms with Crippen molar-refractivity contribution >= 4 is 0 Å². The van der Waals surface area contributed by atoms with Gasteiger partial charge in [0.2, 0.25) is 0 Å². The van der Waals surface area contributed by atoms with Crippen LogP contribution in [0.15, 0.2) is 0 Å². The van der Waals surface area contributed by atoms with Crippen molar-refractivity contribution in [3.8, 4) is 0 Å². The van der Waals surface area contributed by atoms with Gasteiger partial charge in [0.1, 0.15) is 0 Å². The number of piperidine rings is 2. The second-order valence-corrected chi connectivity index (χ2v) is 4.41. The van der Waals surface area contributed by atoms with Gasteiger partial charge in [0.25, 0.3) is 0 Å². The molecule has 2 saturated heterocycles. The Morgan fingerprint density at radius 2 is 1.83 bits per heavy atom. The average Bonchev–Trinajstić information content (AvgIpc) is 2.04. The maximum atomic E-state index is 5.59. The topological polar surface area (TPSA) is 38.0 Å². The van der Waals surface area contributed by atoms with Crippen molar-refractivity contribution in [3.05, 3.63) is 0 Å². The molecule has 0 saturated carbocycles. The van der Waals surface area contributed by atoms with Crippen molar-refractivity contribution in [2.45, 2.75) is 50.6 Å². The SMILES string of the molecule is NCCC1CC2CCCC(C1)N2. The Morgan fingerprint density at radius 3 is 2.42 bits per heavy atom. The second-order valence-electron chi connectivity index (χ2n) is 4.41. The summed E-state index contributed by atoms with van der Waals surface area (Å²) < 4.78 is 0. The molecule has 2 unspecified atom stereocenters. The van der Waals surface area contributed by atoms with E-state index < -0.39 is 0 Å². The van der Waals surface area contributed by atoms with Crippen LogP contribution in [0.25, 0.3) is 0 Å². The van der Waals surface area contributed by atoms with Crippen LogP contribution >= 0.6 is 0 Å². The van der Waals surface area contributed by atoms with Crippen molar-refractivity contribution < 1.29 is 0 Å². The van der Waals surface area contributed by atoms with E-state index in [1.807, 2.05) is 0 Å². The molecule has 70 valence electrons. The van der Waals surface area contributed by atoms with Crippen LogP contribution in [-0.2, 0) is 0 Å². The van der Waals surface area contributed by atoms with Crippen molar-refractivity contribution in [3.63, 3.8) is 0 Å². The van der Waals surface area contributed by atoms with Crippen molar-refractivity contribution in [2.24, 2.45) is 11.7 Å². The summed E-state index contributed by atoms with van der Waals surface area (Å²) >= 11 is 0. The molecule has 2 fully saturated rings. The molecule has 2 atom stereocenters. The molecule has 0 radical (unpaired) electrons. The number of fused-ring (bicyclic) bond motifs is 2. The number of nitrogens with two attached hydrogens (primary N) is 1. The highest BCUT2D eigenvalue weighted by Gasteiger charge is 2.30. The first kappa shape index (κ1) is 8.52. The number of hydrogen-bond acceptors (Lipinski definition) is 2. The number of rotatable bonds is 2. The van der Waals surface area contributed by atoms with Crippen LogP contribution in [0.4, 0.5) is 0 Å². The highest BCUT2D eigenvalue weighted by Crippen LogP contribution is 2.30. The maximum absolute atomic E-state index is 5.59. The summed E-state index contributed by atoms with van der Waals surface area (Å²) in [5, 5.41) is 3.70. The van der Waals surface area contributed by atoms with E-state index >= 15 is 0 Å². The van der Waals surface area contributed by atoms with Gasteiger partial charge in [-0.15, -0.1) is 0 Å². The summed E-state index contributed by atoms with van der Waals surface area (Å²) in [4.78, 5) is 0. The molecule has 2 aliphatic heterocycles. The maximum Gasteiger partial charge on any atom is 0.00723 e. The fourth-order valence-electron chi connectivity index (χ4n) is 2.85. The fourth-order valence-corrected chi connectivity index (χ4v) is 2.85. The van der Waals surface area contributed by atoms with E-state index in [-0.39, 0.29) is 0 Å². The molecule has 2 heteroatoms. The molecule has 0 spiro atoms. The van der Waals surface area contributed by atoms with Gasteiger partial charge in [0.05, 0.1) is 0 Å². The average molecular weight is 168 g/mol. The molecule has 2 nitrogen and oxygen atoms in total. The van der Waals surface area contributed by atoms with Gasteiger partial charge in [-0.05, 0) is 44.6 Å². The van der Waals surface area contributed by atoms with Gasteiger partial charge in [-0.25, -0.2) is 0 Å². The van der Waals surface area contributed by atoms with Gasteiger partial charge in [0.15, 0.2) is 0 Å². The van der Waals surface area contributed by atoms with Gasteiger partial charge >= 0.3 is 0 Å². The quantitative estimate of drug-likeness (QED) is 0.651. The van der Waals surface area contributed by atoms with Crippen LogP contribution in [0, 0.1) is 5.92 Å². The predicted octanol–water partition coefficient (Wildman–Crippen LogP) is 1.26.